The number of ether oxygens (including phenoxy) is 1. The van der Waals surface area contributed by atoms with Gasteiger partial charge in [0.05, 0.1) is 7.11 Å². The topological polar surface area (TPSA) is 41.6 Å². The zero-order chi connectivity index (χ0) is 15.9. The summed E-state index contributed by atoms with van der Waals surface area (Å²) in [6, 6.07) is 6.26. The number of hydrogen-bond donors (Lipinski definition) is 1. The van der Waals surface area contributed by atoms with E-state index in [4.69, 9.17) is 4.74 Å². The molecule has 1 fully saturated rings. The number of aryl methyl sites for hydroxylation is 1. The molecule has 2 rings (SSSR count). The molecule has 0 aliphatic carbocycles. The van der Waals surface area contributed by atoms with Crippen molar-refractivity contribution in [2.75, 3.05) is 26.7 Å². The van der Waals surface area contributed by atoms with Gasteiger partial charge in [-0.1, -0.05) is 12.5 Å². The van der Waals surface area contributed by atoms with Crippen LogP contribution in [0, 0.1) is 6.92 Å². The molecule has 0 bridgehead atoms. The molecule has 1 aliphatic rings. The maximum atomic E-state index is 12.2. The van der Waals surface area contributed by atoms with Crippen molar-refractivity contribution in [2.24, 2.45) is 0 Å². The van der Waals surface area contributed by atoms with Gasteiger partial charge in [0, 0.05) is 24.7 Å². The molecule has 122 valence electrons. The van der Waals surface area contributed by atoms with Crippen molar-refractivity contribution in [2.45, 2.75) is 45.6 Å². The van der Waals surface area contributed by atoms with Crippen LogP contribution < -0.4 is 10.1 Å². The first-order valence-corrected chi connectivity index (χ1v) is 8.28. The number of hydrogen-bond acceptors (Lipinski definition) is 3. The third-order valence-corrected chi connectivity index (χ3v) is 4.52. The highest BCUT2D eigenvalue weighted by Crippen LogP contribution is 2.19. The lowest BCUT2D eigenvalue weighted by atomic mass is 10.0. The molecule has 1 N–H and O–H groups in total. The standard InChI is InChI=1S/C18H28N2O2/c1-14-8-9-16(13-17(14)22-3)18(21)19-10-6-12-20-11-5-4-7-15(20)2/h8-9,13,15H,4-7,10-12H2,1-3H3,(H,19,21)/t15-/m1/s1. The van der Waals surface area contributed by atoms with E-state index in [1.165, 1.54) is 25.8 Å². The van der Waals surface area contributed by atoms with Crippen LogP contribution in [0.5, 0.6) is 5.75 Å². The van der Waals surface area contributed by atoms with E-state index in [1.807, 2.05) is 19.1 Å². The fourth-order valence-electron chi connectivity index (χ4n) is 3.04. The number of piperidine rings is 1. The number of amides is 1. The lowest BCUT2D eigenvalue weighted by Gasteiger charge is -2.33. The third kappa shape index (κ3) is 4.47. The van der Waals surface area contributed by atoms with Gasteiger partial charge >= 0.3 is 0 Å². The number of nitrogens with one attached hydrogen (secondary N) is 1. The molecule has 1 heterocycles. The van der Waals surface area contributed by atoms with Gasteiger partial charge in [-0.2, -0.15) is 0 Å². The second-order valence-electron chi connectivity index (χ2n) is 6.17. The van der Waals surface area contributed by atoms with E-state index in [9.17, 15) is 4.79 Å². The van der Waals surface area contributed by atoms with E-state index in [1.54, 1.807) is 13.2 Å². The van der Waals surface area contributed by atoms with Crippen LogP contribution in [0.2, 0.25) is 0 Å². The zero-order valence-corrected chi connectivity index (χ0v) is 14.0. The van der Waals surface area contributed by atoms with Crippen LogP contribution >= 0.6 is 0 Å². The van der Waals surface area contributed by atoms with Crippen molar-refractivity contribution in [3.8, 4) is 5.75 Å². The lowest BCUT2D eigenvalue weighted by Crippen LogP contribution is -2.39. The summed E-state index contributed by atoms with van der Waals surface area (Å²) in [5.74, 6) is 0.736. The van der Waals surface area contributed by atoms with Gasteiger partial charge in [0.2, 0.25) is 0 Å². The molecule has 1 aliphatic heterocycles. The normalized spacial score (nSPS) is 19.0. The number of nitrogens with zero attached hydrogens (tertiary/aromatic N) is 1. The number of rotatable bonds is 6. The predicted molar refractivity (Wildman–Crippen MR) is 89.6 cm³/mol. The highest BCUT2D eigenvalue weighted by Gasteiger charge is 2.17. The van der Waals surface area contributed by atoms with Crippen molar-refractivity contribution in [1.82, 2.24) is 10.2 Å². The number of likely N-dealkylation sites (tertiary alicyclic amines) is 1. The van der Waals surface area contributed by atoms with Crippen LogP contribution in [0.15, 0.2) is 18.2 Å². The Kier molecular flexibility index (Phi) is 6.25. The smallest absolute Gasteiger partial charge is 0.251 e. The Morgan fingerprint density at radius 3 is 2.95 bits per heavy atom. The summed E-state index contributed by atoms with van der Waals surface area (Å²) < 4.78 is 5.27. The predicted octanol–water partition coefficient (Wildman–Crippen LogP) is 3.00. The van der Waals surface area contributed by atoms with Gasteiger partial charge < -0.3 is 15.0 Å². The first-order chi connectivity index (χ1) is 10.6. The third-order valence-electron chi connectivity index (χ3n) is 4.52. The number of benzene rings is 1. The summed E-state index contributed by atoms with van der Waals surface area (Å²) in [6.07, 6.45) is 4.96. The molecule has 4 nitrogen and oxygen atoms in total. The molecule has 1 aromatic carbocycles. The van der Waals surface area contributed by atoms with E-state index in [2.05, 4.69) is 17.1 Å². The fraction of sp³-hybridized carbons (Fsp3) is 0.611. The summed E-state index contributed by atoms with van der Waals surface area (Å²) in [6.45, 7) is 7.26. The zero-order valence-electron chi connectivity index (χ0n) is 14.0. The van der Waals surface area contributed by atoms with Gasteiger partial charge in [-0.25, -0.2) is 0 Å². The summed E-state index contributed by atoms with van der Waals surface area (Å²) in [7, 11) is 1.63. The second-order valence-corrected chi connectivity index (χ2v) is 6.17. The average Bonchev–Trinajstić information content (AvgIpc) is 2.53. The van der Waals surface area contributed by atoms with Crippen molar-refractivity contribution in [3.05, 3.63) is 29.3 Å². The molecule has 1 saturated heterocycles. The Morgan fingerprint density at radius 2 is 2.23 bits per heavy atom. The van der Waals surface area contributed by atoms with Gasteiger partial charge in [0.25, 0.3) is 5.91 Å². The van der Waals surface area contributed by atoms with E-state index in [-0.39, 0.29) is 5.91 Å². The van der Waals surface area contributed by atoms with E-state index in [0.29, 0.717) is 11.6 Å². The first kappa shape index (κ1) is 16.8. The first-order valence-electron chi connectivity index (χ1n) is 8.28. The average molecular weight is 304 g/mol. The quantitative estimate of drug-likeness (QED) is 0.822. The molecule has 0 radical (unpaired) electrons. The number of carbonyl (C=O) groups excluding carboxylic acids is 1. The number of methoxy groups -OCH3 is 1. The second kappa shape index (κ2) is 8.18. The molecule has 0 spiro atoms. The summed E-state index contributed by atoms with van der Waals surface area (Å²) in [4.78, 5) is 14.7. The van der Waals surface area contributed by atoms with Crippen molar-refractivity contribution < 1.29 is 9.53 Å². The molecule has 0 unspecified atom stereocenters. The number of carbonyl (C=O) groups is 1. The Bertz CT molecular complexity index is 502. The van der Waals surface area contributed by atoms with Crippen LogP contribution in [0.4, 0.5) is 0 Å². The molecule has 1 amide bonds. The van der Waals surface area contributed by atoms with Crippen molar-refractivity contribution >= 4 is 5.91 Å². The van der Waals surface area contributed by atoms with Crippen LogP contribution in [0.1, 0.15) is 48.5 Å². The maximum Gasteiger partial charge on any atom is 0.251 e. The minimum absolute atomic E-state index is 0.0232. The Labute approximate surface area is 133 Å². The summed E-state index contributed by atoms with van der Waals surface area (Å²) in [5, 5.41) is 3.00. The summed E-state index contributed by atoms with van der Waals surface area (Å²) >= 11 is 0. The van der Waals surface area contributed by atoms with E-state index >= 15 is 0 Å². The van der Waals surface area contributed by atoms with Gasteiger partial charge in [-0.05, 0) is 57.4 Å². The van der Waals surface area contributed by atoms with Gasteiger partial charge in [0.1, 0.15) is 5.75 Å². The maximum absolute atomic E-state index is 12.2. The molecular weight excluding hydrogens is 276 g/mol. The highest BCUT2D eigenvalue weighted by atomic mass is 16.5. The van der Waals surface area contributed by atoms with Crippen molar-refractivity contribution in [3.63, 3.8) is 0 Å². The molecule has 1 atom stereocenters. The monoisotopic (exact) mass is 304 g/mol. The van der Waals surface area contributed by atoms with E-state index in [0.717, 1.165) is 30.8 Å². The summed E-state index contributed by atoms with van der Waals surface area (Å²) in [5.41, 5.74) is 1.70. The van der Waals surface area contributed by atoms with Crippen molar-refractivity contribution in [1.29, 1.82) is 0 Å². The van der Waals surface area contributed by atoms with Gasteiger partial charge in [0.15, 0.2) is 0 Å². The SMILES string of the molecule is COc1cc(C(=O)NCCCN2CCCC[C@H]2C)ccc1C. The minimum Gasteiger partial charge on any atom is -0.496 e. The fourth-order valence-corrected chi connectivity index (χ4v) is 3.04. The molecular formula is C18H28N2O2. The largest absolute Gasteiger partial charge is 0.496 e. The van der Waals surface area contributed by atoms with Crippen LogP contribution in [-0.4, -0.2) is 43.6 Å². The molecule has 0 saturated carbocycles. The Hall–Kier alpha value is -1.55. The molecule has 0 aromatic heterocycles. The Balaban J connectivity index is 1.75. The molecule has 4 heteroatoms. The van der Waals surface area contributed by atoms with Gasteiger partial charge in [-0.3, -0.25) is 4.79 Å². The van der Waals surface area contributed by atoms with Gasteiger partial charge in [-0.15, -0.1) is 0 Å². The lowest BCUT2D eigenvalue weighted by molar-refractivity contribution is 0.0948. The molecule has 1 aromatic rings. The van der Waals surface area contributed by atoms with Crippen LogP contribution in [-0.2, 0) is 0 Å². The Morgan fingerprint density at radius 1 is 1.41 bits per heavy atom. The van der Waals surface area contributed by atoms with Crippen LogP contribution in [0.25, 0.3) is 0 Å². The van der Waals surface area contributed by atoms with Crippen LogP contribution in [0.3, 0.4) is 0 Å². The highest BCUT2D eigenvalue weighted by molar-refractivity contribution is 5.94. The van der Waals surface area contributed by atoms with E-state index < -0.39 is 0 Å². The minimum atomic E-state index is -0.0232. The molecule has 22 heavy (non-hydrogen) atoms.